The minimum absolute atomic E-state index is 0.00381. The molecule has 1 fully saturated rings. The van der Waals surface area contributed by atoms with Gasteiger partial charge in [-0.3, -0.25) is 4.79 Å². The number of carbonyl (C=O) groups is 1. The Bertz CT molecular complexity index is 1300. The van der Waals surface area contributed by atoms with Crippen LogP contribution in [-0.2, 0) is 0 Å². The second kappa shape index (κ2) is 11.9. The van der Waals surface area contributed by atoms with Gasteiger partial charge in [0.15, 0.2) is 23.3 Å². The van der Waals surface area contributed by atoms with Gasteiger partial charge < -0.3 is 19.9 Å². The third-order valence-corrected chi connectivity index (χ3v) is 6.49. The van der Waals surface area contributed by atoms with E-state index in [0.29, 0.717) is 34.3 Å². The SMILES string of the molecule is CCCCOc1cccc(C(=O)Nc2ccc(N3CCN(c4c(F)c(F)c(F)c(F)c4F)CC3)c(Cl)c2)c1. The highest BCUT2D eigenvalue weighted by Gasteiger charge is 2.31. The molecule has 1 N–H and O–H groups in total. The Balaban J connectivity index is 1.41. The highest BCUT2D eigenvalue weighted by molar-refractivity contribution is 6.33. The summed E-state index contributed by atoms with van der Waals surface area (Å²) in [5.74, 6) is -9.59. The fourth-order valence-corrected chi connectivity index (χ4v) is 4.45. The summed E-state index contributed by atoms with van der Waals surface area (Å²) in [6, 6.07) is 11.8. The molecule has 1 aliphatic heterocycles. The van der Waals surface area contributed by atoms with Crippen LogP contribution in [0.15, 0.2) is 42.5 Å². The molecule has 0 aliphatic carbocycles. The van der Waals surface area contributed by atoms with E-state index in [1.807, 2.05) is 4.90 Å². The van der Waals surface area contributed by atoms with Crippen LogP contribution >= 0.6 is 11.6 Å². The van der Waals surface area contributed by atoms with Crippen LogP contribution in [0.4, 0.5) is 39.0 Å². The van der Waals surface area contributed by atoms with Gasteiger partial charge in [0.1, 0.15) is 11.4 Å². The number of hydrogen-bond donors (Lipinski definition) is 1. The normalized spacial score (nSPS) is 13.6. The van der Waals surface area contributed by atoms with Gasteiger partial charge in [0, 0.05) is 37.4 Å². The summed E-state index contributed by atoms with van der Waals surface area (Å²) in [6.45, 7) is 3.07. The van der Waals surface area contributed by atoms with E-state index < -0.39 is 34.8 Å². The Morgan fingerprint density at radius 1 is 0.895 bits per heavy atom. The lowest BCUT2D eigenvalue weighted by Gasteiger charge is -2.38. The number of hydrogen-bond acceptors (Lipinski definition) is 4. The Morgan fingerprint density at radius 2 is 1.53 bits per heavy atom. The van der Waals surface area contributed by atoms with Crippen molar-refractivity contribution >= 4 is 34.6 Å². The summed E-state index contributed by atoms with van der Waals surface area (Å²) in [5.41, 5.74) is 0.544. The van der Waals surface area contributed by atoms with Crippen LogP contribution in [0.2, 0.25) is 5.02 Å². The quantitative estimate of drug-likeness (QED) is 0.144. The van der Waals surface area contributed by atoms with Crippen molar-refractivity contribution in [3.8, 4) is 5.75 Å². The molecule has 0 unspecified atom stereocenters. The van der Waals surface area contributed by atoms with Gasteiger partial charge in [-0.25, -0.2) is 22.0 Å². The maximum Gasteiger partial charge on any atom is 0.255 e. The number of anilines is 3. The predicted octanol–water partition coefficient (Wildman–Crippen LogP) is 6.79. The first-order valence-corrected chi connectivity index (χ1v) is 12.4. The Kier molecular flexibility index (Phi) is 8.61. The minimum atomic E-state index is -2.19. The second-order valence-electron chi connectivity index (χ2n) is 8.74. The fraction of sp³-hybridized carbons (Fsp3) is 0.296. The fourth-order valence-electron chi connectivity index (χ4n) is 4.15. The van der Waals surface area contributed by atoms with E-state index in [9.17, 15) is 26.7 Å². The minimum Gasteiger partial charge on any atom is -0.494 e. The van der Waals surface area contributed by atoms with Crippen LogP contribution in [0.3, 0.4) is 0 Å². The van der Waals surface area contributed by atoms with E-state index >= 15 is 0 Å². The molecule has 0 bridgehead atoms. The summed E-state index contributed by atoms with van der Waals surface area (Å²) in [7, 11) is 0. The largest absolute Gasteiger partial charge is 0.494 e. The molecule has 1 heterocycles. The van der Waals surface area contributed by atoms with Crippen LogP contribution in [0.5, 0.6) is 5.75 Å². The highest BCUT2D eigenvalue weighted by Crippen LogP contribution is 2.33. The first-order valence-electron chi connectivity index (χ1n) is 12.1. The topological polar surface area (TPSA) is 44.8 Å². The van der Waals surface area contributed by atoms with Gasteiger partial charge in [-0.1, -0.05) is 31.0 Å². The molecule has 11 heteroatoms. The molecule has 1 saturated heterocycles. The Hall–Kier alpha value is -3.53. The maximum atomic E-state index is 14.2. The van der Waals surface area contributed by atoms with Crippen LogP contribution in [0.1, 0.15) is 30.1 Å². The van der Waals surface area contributed by atoms with Crippen molar-refractivity contribution in [3.63, 3.8) is 0 Å². The van der Waals surface area contributed by atoms with E-state index in [4.69, 9.17) is 16.3 Å². The Morgan fingerprint density at radius 3 is 2.16 bits per heavy atom. The average Bonchev–Trinajstić information content (AvgIpc) is 2.92. The zero-order valence-corrected chi connectivity index (χ0v) is 21.2. The number of piperazine rings is 1. The van der Waals surface area contributed by atoms with E-state index in [0.717, 1.165) is 17.7 Å². The summed E-state index contributed by atoms with van der Waals surface area (Å²) >= 11 is 6.46. The molecule has 1 aliphatic rings. The molecule has 0 radical (unpaired) electrons. The third-order valence-electron chi connectivity index (χ3n) is 6.19. The zero-order chi connectivity index (χ0) is 27.4. The van der Waals surface area contributed by atoms with Gasteiger partial charge in [0.05, 0.1) is 17.3 Å². The lowest BCUT2D eigenvalue weighted by molar-refractivity contribution is 0.102. The van der Waals surface area contributed by atoms with Gasteiger partial charge in [0.25, 0.3) is 5.91 Å². The number of amides is 1. The highest BCUT2D eigenvalue weighted by atomic mass is 35.5. The molecule has 0 spiro atoms. The summed E-state index contributed by atoms with van der Waals surface area (Å²) < 4.78 is 74.7. The molecule has 3 aromatic rings. The first-order chi connectivity index (χ1) is 18.2. The predicted molar refractivity (Wildman–Crippen MR) is 137 cm³/mol. The van der Waals surface area contributed by atoms with Crippen molar-refractivity contribution < 1.29 is 31.5 Å². The van der Waals surface area contributed by atoms with Crippen molar-refractivity contribution in [2.75, 3.05) is 47.9 Å². The van der Waals surface area contributed by atoms with E-state index in [1.165, 1.54) is 0 Å². The molecule has 3 aromatic carbocycles. The lowest BCUT2D eigenvalue weighted by Crippen LogP contribution is -2.47. The number of halogens is 6. The maximum absolute atomic E-state index is 14.2. The molecule has 5 nitrogen and oxygen atoms in total. The molecule has 202 valence electrons. The van der Waals surface area contributed by atoms with Gasteiger partial charge >= 0.3 is 0 Å². The molecule has 38 heavy (non-hydrogen) atoms. The van der Waals surface area contributed by atoms with Crippen LogP contribution in [-0.4, -0.2) is 38.7 Å². The zero-order valence-electron chi connectivity index (χ0n) is 20.5. The molecule has 0 atom stereocenters. The monoisotopic (exact) mass is 553 g/mol. The molecule has 4 rings (SSSR count). The van der Waals surface area contributed by atoms with Crippen LogP contribution in [0.25, 0.3) is 0 Å². The molecule has 1 amide bonds. The van der Waals surface area contributed by atoms with E-state index in [2.05, 4.69) is 12.2 Å². The third kappa shape index (κ3) is 5.80. The van der Waals surface area contributed by atoms with Crippen LogP contribution in [0, 0.1) is 29.1 Å². The van der Waals surface area contributed by atoms with Crippen molar-refractivity contribution in [1.82, 2.24) is 0 Å². The number of rotatable bonds is 8. The smallest absolute Gasteiger partial charge is 0.255 e. The number of unbranched alkanes of at least 4 members (excludes halogenated alkanes) is 1. The summed E-state index contributed by atoms with van der Waals surface area (Å²) in [6.07, 6.45) is 1.91. The van der Waals surface area contributed by atoms with Gasteiger partial charge in [0.2, 0.25) is 5.82 Å². The van der Waals surface area contributed by atoms with Crippen molar-refractivity contribution in [2.24, 2.45) is 0 Å². The van der Waals surface area contributed by atoms with Crippen LogP contribution < -0.4 is 19.9 Å². The number of ether oxygens (including phenoxy) is 1. The first kappa shape index (κ1) is 27.5. The lowest BCUT2D eigenvalue weighted by atomic mass is 10.1. The van der Waals surface area contributed by atoms with Crippen molar-refractivity contribution in [3.05, 3.63) is 82.1 Å². The molecule has 0 saturated carbocycles. The van der Waals surface area contributed by atoms with Gasteiger partial charge in [-0.15, -0.1) is 0 Å². The van der Waals surface area contributed by atoms with Gasteiger partial charge in [-0.05, 0) is 42.8 Å². The van der Waals surface area contributed by atoms with Crippen molar-refractivity contribution in [1.29, 1.82) is 0 Å². The number of benzene rings is 3. The Labute approximate surface area is 221 Å². The van der Waals surface area contributed by atoms with Gasteiger partial charge in [-0.2, -0.15) is 0 Å². The summed E-state index contributed by atoms with van der Waals surface area (Å²) in [5, 5.41) is 3.11. The number of carbonyl (C=O) groups excluding carboxylic acids is 1. The second-order valence-corrected chi connectivity index (χ2v) is 9.15. The standard InChI is InChI=1S/C27H25ClF5N3O2/c1-2-3-13-38-18-6-4-5-16(14-18)27(37)34-17-7-8-20(19(28)15-17)35-9-11-36(12-10-35)26-24(32)22(30)21(29)23(31)25(26)33/h4-8,14-15H,2-3,9-13H2,1H3,(H,34,37). The van der Waals surface area contributed by atoms with E-state index in [-0.39, 0.29) is 32.1 Å². The van der Waals surface area contributed by atoms with E-state index in [1.54, 1.807) is 42.5 Å². The molecule has 0 aromatic heterocycles. The van der Waals surface area contributed by atoms with Crippen molar-refractivity contribution in [2.45, 2.75) is 19.8 Å². The molecular formula is C27H25ClF5N3O2. The summed E-state index contributed by atoms with van der Waals surface area (Å²) in [4.78, 5) is 15.7. The number of nitrogens with one attached hydrogen (secondary N) is 1. The number of nitrogens with zero attached hydrogens (tertiary/aromatic N) is 2. The average molecular weight is 554 g/mol. The molecular weight excluding hydrogens is 529 g/mol.